The van der Waals surface area contributed by atoms with Gasteiger partial charge in [0, 0.05) is 6.42 Å². The molecule has 23 heavy (non-hydrogen) atoms. The molecule has 0 heterocycles. The number of carbonyl (C=O) groups is 2. The van der Waals surface area contributed by atoms with Crippen molar-refractivity contribution in [3.63, 3.8) is 0 Å². The molecule has 0 saturated heterocycles. The summed E-state index contributed by atoms with van der Waals surface area (Å²) in [4.78, 5) is 23.1. The number of benzene rings is 1. The van der Waals surface area contributed by atoms with E-state index in [-0.39, 0.29) is 12.5 Å². The Balaban J connectivity index is 2.34. The van der Waals surface area contributed by atoms with Crippen molar-refractivity contribution >= 4 is 27.7 Å². The Morgan fingerprint density at radius 1 is 1.17 bits per heavy atom. The standard InChI is InChI=1S/C17H25BrN2O3/c1-4-5-6-7-16(21)19-20-17(22)11-23-15-9-8-13(12(2)3)10-14(15)18/h8-10,12H,4-7,11H2,1-3H3,(H,19,21)(H,20,22). The van der Waals surface area contributed by atoms with Gasteiger partial charge in [0.25, 0.3) is 5.91 Å². The molecule has 0 aliphatic carbocycles. The third kappa shape index (κ3) is 7.50. The summed E-state index contributed by atoms with van der Waals surface area (Å²) in [6, 6.07) is 5.78. The first kappa shape index (κ1) is 19.5. The van der Waals surface area contributed by atoms with Crippen LogP contribution in [0, 0.1) is 0 Å². The minimum Gasteiger partial charge on any atom is -0.483 e. The monoisotopic (exact) mass is 384 g/mol. The molecular formula is C17H25BrN2O3. The van der Waals surface area contributed by atoms with E-state index in [0.717, 1.165) is 23.7 Å². The van der Waals surface area contributed by atoms with Crippen LogP contribution in [0.4, 0.5) is 0 Å². The van der Waals surface area contributed by atoms with Crippen LogP contribution in [-0.2, 0) is 9.59 Å². The summed E-state index contributed by atoms with van der Waals surface area (Å²) in [6.45, 7) is 6.13. The van der Waals surface area contributed by atoms with Crippen molar-refractivity contribution in [2.75, 3.05) is 6.61 Å². The Kier molecular flexibility index (Phi) is 8.69. The van der Waals surface area contributed by atoms with Gasteiger partial charge in [-0.3, -0.25) is 20.4 Å². The molecule has 0 unspecified atom stereocenters. The van der Waals surface area contributed by atoms with Gasteiger partial charge in [0.15, 0.2) is 6.61 Å². The van der Waals surface area contributed by atoms with Crippen molar-refractivity contribution in [1.29, 1.82) is 0 Å². The number of amides is 2. The number of nitrogens with one attached hydrogen (secondary N) is 2. The van der Waals surface area contributed by atoms with Crippen molar-refractivity contribution in [3.8, 4) is 5.75 Å². The number of unbranched alkanes of at least 4 members (excludes halogenated alkanes) is 2. The molecule has 1 aromatic rings. The molecular weight excluding hydrogens is 360 g/mol. The molecule has 0 fully saturated rings. The summed E-state index contributed by atoms with van der Waals surface area (Å²) in [7, 11) is 0. The van der Waals surface area contributed by atoms with Crippen molar-refractivity contribution in [1.82, 2.24) is 10.9 Å². The number of carbonyl (C=O) groups excluding carboxylic acids is 2. The number of hydrogen-bond donors (Lipinski definition) is 2. The van der Waals surface area contributed by atoms with Crippen LogP contribution in [0.3, 0.4) is 0 Å². The van der Waals surface area contributed by atoms with Crippen molar-refractivity contribution in [3.05, 3.63) is 28.2 Å². The largest absolute Gasteiger partial charge is 0.483 e. The first-order chi connectivity index (χ1) is 10.9. The fraction of sp³-hybridized carbons (Fsp3) is 0.529. The number of ether oxygens (including phenoxy) is 1. The van der Waals surface area contributed by atoms with Crippen LogP contribution in [0.5, 0.6) is 5.75 Å². The quantitative estimate of drug-likeness (QED) is 0.530. The third-order valence-corrected chi connectivity index (χ3v) is 3.95. The molecule has 0 aromatic heterocycles. The van der Waals surface area contributed by atoms with Crippen LogP contribution in [0.2, 0.25) is 0 Å². The lowest BCUT2D eigenvalue weighted by molar-refractivity contribution is -0.130. The van der Waals surface area contributed by atoms with Crippen molar-refractivity contribution in [2.24, 2.45) is 0 Å². The van der Waals surface area contributed by atoms with Gasteiger partial charge in [-0.25, -0.2) is 0 Å². The van der Waals surface area contributed by atoms with E-state index >= 15 is 0 Å². The topological polar surface area (TPSA) is 67.4 Å². The molecule has 2 N–H and O–H groups in total. The lowest BCUT2D eigenvalue weighted by Crippen LogP contribution is -2.43. The maximum atomic E-state index is 11.7. The second-order valence-electron chi connectivity index (χ2n) is 5.69. The Hall–Kier alpha value is -1.56. The number of hydrazine groups is 1. The Bertz CT molecular complexity index is 533. The van der Waals surface area contributed by atoms with E-state index in [4.69, 9.17) is 4.74 Å². The fourth-order valence-corrected chi connectivity index (χ4v) is 2.42. The molecule has 1 aromatic carbocycles. The normalized spacial score (nSPS) is 10.5. The maximum Gasteiger partial charge on any atom is 0.276 e. The second-order valence-corrected chi connectivity index (χ2v) is 6.54. The molecule has 6 heteroatoms. The van der Waals surface area contributed by atoms with E-state index in [2.05, 4.69) is 47.6 Å². The molecule has 0 spiro atoms. The maximum absolute atomic E-state index is 11.7. The van der Waals surface area contributed by atoms with Crippen LogP contribution in [0.1, 0.15) is 57.9 Å². The van der Waals surface area contributed by atoms with Gasteiger partial charge in [-0.1, -0.05) is 39.7 Å². The lowest BCUT2D eigenvalue weighted by Gasteiger charge is -2.12. The van der Waals surface area contributed by atoms with Gasteiger partial charge in [0.1, 0.15) is 5.75 Å². The number of rotatable bonds is 8. The summed E-state index contributed by atoms with van der Waals surface area (Å²) in [5.74, 6) is 0.438. The summed E-state index contributed by atoms with van der Waals surface area (Å²) in [5, 5.41) is 0. The van der Waals surface area contributed by atoms with Gasteiger partial charge in [-0.05, 0) is 46.0 Å². The highest BCUT2D eigenvalue weighted by molar-refractivity contribution is 9.10. The predicted molar refractivity (Wildman–Crippen MR) is 94.2 cm³/mol. The second kappa shape index (κ2) is 10.3. The van der Waals surface area contributed by atoms with Crippen LogP contribution < -0.4 is 15.6 Å². The Labute approximate surface area is 146 Å². The van der Waals surface area contributed by atoms with Crippen molar-refractivity contribution < 1.29 is 14.3 Å². The SMILES string of the molecule is CCCCCC(=O)NNC(=O)COc1ccc(C(C)C)cc1Br. The van der Waals surface area contributed by atoms with Gasteiger partial charge >= 0.3 is 0 Å². The van der Waals surface area contributed by atoms with Crippen LogP contribution in [-0.4, -0.2) is 18.4 Å². The van der Waals surface area contributed by atoms with Gasteiger partial charge in [0.05, 0.1) is 4.47 Å². The van der Waals surface area contributed by atoms with E-state index < -0.39 is 5.91 Å². The van der Waals surface area contributed by atoms with Crippen LogP contribution in [0.15, 0.2) is 22.7 Å². The minimum absolute atomic E-state index is 0.158. The molecule has 0 bridgehead atoms. The first-order valence-electron chi connectivity index (χ1n) is 7.94. The minimum atomic E-state index is -0.395. The Morgan fingerprint density at radius 3 is 2.48 bits per heavy atom. The van der Waals surface area contributed by atoms with E-state index in [0.29, 0.717) is 18.1 Å². The molecule has 0 aliphatic rings. The van der Waals surface area contributed by atoms with E-state index in [9.17, 15) is 9.59 Å². The highest BCUT2D eigenvalue weighted by Crippen LogP contribution is 2.28. The van der Waals surface area contributed by atoms with Crippen LogP contribution in [0.25, 0.3) is 0 Å². The van der Waals surface area contributed by atoms with Gasteiger partial charge in [-0.2, -0.15) is 0 Å². The molecule has 0 radical (unpaired) electrons. The zero-order valence-corrected chi connectivity index (χ0v) is 15.5. The van der Waals surface area contributed by atoms with Gasteiger partial charge in [-0.15, -0.1) is 0 Å². The van der Waals surface area contributed by atoms with Gasteiger partial charge in [0.2, 0.25) is 5.91 Å². The zero-order chi connectivity index (χ0) is 17.2. The van der Waals surface area contributed by atoms with Gasteiger partial charge < -0.3 is 4.74 Å². The average molecular weight is 385 g/mol. The fourth-order valence-electron chi connectivity index (χ4n) is 1.91. The average Bonchev–Trinajstić information content (AvgIpc) is 2.51. The molecule has 0 atom stereocenters. The summed E-state index contributed by atoms with van der Waals surface area (Å²) >= 11 is 3.44. The molecule has 5 nitrogen and oxygen atoms in total. The molecule has 128 valence electrons. The van der Waals surface area contributed by atoms with E-state index in [1.807, 2.05) is 18.2 Å². The summed E-state index contributed by atoms with van der Waals surface area (Å²) in [6.07, 6.45) is 3.30. The molecule has 1 rings (SSSR count). The predicted octanol–water partition coefficient (Wildman–Crippen LogP) is 3.68. The lowest BCUT2D eigenvalue weighted by atomic mass is 10.0. The van der Waals surface area contributed by atoms with E-state index in [1.54, 1.807) is 0 Å². The Morgan fingerprint density at radius 2 is 1.87 bits per heavy atom. The third-order valence-electron chi connectivity index (χ3n) is 3.33. The smallest absolute Gasteiger partial charge is 0.276 e. The van der Waals surface area contributed by atoms with Crippen molar-refractivity contribution in [2.45, 2.75) is 52.4 Å². The highest BCUT2D eigenvalue weighted by Gasteiger charge is 2.09. The molecule has 0 aliphatic heterocycles. The summed E-state index contributed by atoms with van der Waals surface area (Å²) in [5.41, 5.74) is 5.92. The van der Waals surface area contributed by atoms with Crippen LogP contribution >= 0.6 is 15.9 Å². The first-order valence-corrected chi connectivity index (χ1v) is 8.73. The summed E-state index contributed by atoms with van der Waals surface area (Å²) < 4.78 is 6.26. The molecule has 0 saturated carbocycles. The number of hydrogen-bond acceptors (Lipinski definition) is 3. The highest BCUT2D eigenvalue weighted by atomic mass is 79.9. The zero-order valence-electron chi connectivity index (χ0n) is 13.9. The molecule has 2 amide bonds. The van der Waals surface area contributed by atoms with E-state index in [1.165, 1.54) is 5.56 Å². The number of halogens is 1.